The first kappa shape index (κ1) is 16.5. The Labute approximate surface area is 70.5 Å². The van der Waals surface area contributed by atoms with Crippen molar-refractivity contribution in [2.24, 2.45) is 0 Å². The molecule has 0 aromatic rings. The summed E-state index contributed by atoms with van der Waals surface area (Å²) in [4.78, 5) is 0. The molecule has 0 fully saturated rings. The summed E-state index contributed by atoms with van der Waals surface area (Å²) in [7, 11) is 0. The van der Waals surface area contributed by atoms with Gasteiger partial charge in [-0.1, -0.05) is 0 Å². The number of rotatable bonds is 0. The third kappa shape index (κ3) is 442. The summed E-state index contributed by atoms with van der Waals surface area (Å²) in [5, 5.41) is 0. The Morgan fingerprint density at radius 1 is 1.00 bits per heavy atom. The fourth-order valence-corrected chi connectivity index (χ4v) is 0. The molecule has 9 heavy (non-hydrogen) atoms. The van der Waals surface area contributed by atoms with Crippen LogP contribution in [0.2, 0.25) is 0 Å². The van der Waals surface area contributed by atoms with E-state index < -0.39 is 29.0 Å². The van der Waals surface area contributed by atoms with E-state index >= 15 is 0 Å². The van der Waals surface area contributed by atoms with Gasteiger partial charge in [-0.15, -0.1) is 0 Å². The van der Waals surface area contributed by atoms with Crippen molar-refractivity contribution >= 4 is 29.0 Å². The molecule has 0 aliphatic rings. The molecule has 0 heterocycles. The Bertz CT molecular complexity index is 69.1. The molecular formula is H2CuO6Se2. The van der Waals surface area contributed by atoms with E-state index in [0.717, 1.165) is 0 Å². The molecule has 61 valence electrons. The van der Waals surface area contributed by atoms with E-state index in [1.165, 1.54) is 0 Å². The maximum absolute atomic E-state index is 8.65. The first-order chi connectivity index (χ1) is 3.46. The zero-order valence-corrected chi connectivity index (χ0v) is 8.01. The van der Waals surface area contributed by atoms with Crippen molar-refractivity contribution in [3.8, 4) is 0 Å². The van der Waals surface area contributed by atoms with Gasteiger partial charge < -0.3 is 0 Å². The van der Waals surface area contributed by atoms with Crippen molar-refractivity contribution in [3.63, 3.8) is 0 Å². The van der Waals surface area contributed by atoms with Crippen LogP contribution < -0.4 is 8.38 Å². The van der Waals surface area contributed by atoms with Crippen molar-refractivity contribution in [3.05, 3.63) is 0 Å². The van der Waals surface area contributed by atoms with Crippen LogP contribution >= 0.6 is 0 Å². The predicted octanol–water partition coefficient (Wildman–Crippen LogP) is -4.49. The summed E-state index contributed by atoms with van der Waals surface area (Å²) in [6.07, 6.45) is 0. The van der Waals surface area contributed by atoms with Crippen LogP contribution in [0.3, 0.4) is 0 Å². The molecule has 0 aromatic heterocycles. The molecule has 9 heteroatoms. The summed E-state index contributed by atoms with van der Waals surface area (Å²) in [6.45, 7) is 0. The van der Waals surface area contributed by atoms with E-state index in [-0.39, 0.29) is 17.1 Å². The van der Waals surface area contributed by atoms with E-state index in [1.54, 1.807) is 0 Å². The standard InChI is InChI=1S/Cu.2H2O3Se/c;2*1-4(2)3/h;2*(H2,1,2,3)/q+2;;/p-2. The molecule has 2 unspecified atom stereocenters. The van der Waals surface area contributed by atoms with Gasteiger partial charge in [-0.2, -0.15) is 0 Å². The Kier molecular flexibility index (Phi) is 21.6. The molecule has 0 aliphatic heterocycles. The summed E-state index contributed by atoms with van der Waals surface area (Å²) in [5.41, 5.74) is 0. The van der Waals surface area contributed by atoms with Crippen molar-refractivity contribution in [2.75, 3.05) is 0 Å². The fourth-order valence-electron chi connectivity index (χ4n) is 0. The molecule has 2 atom stereocenters. The fraction of sp³-hybridized carbons (Fsp3) is 0. The van der Waals surface area contributed by atoms with Crippen LogP contribution in [0.5, 0.6) is 0 Å². The summed E-state index contributed by atoms with van der Waals surface area (Å²) in [5.74, 6) is 0. The van der Waals surface area contributed by atoms with Crippen molar-refractivity contribution in [1.82, 2.24) is 0 Å². The molecule has 1 radical (unpaired) electrons. The van der Waals surface area contributed by atoms with Gasteiger partial charge in [0.25, 0.3) is 0 Å². The molecule has 0 amide bonds. The Hall–Kier alpha value is 0.998. The molecule has 0 spiro atoms. The minimum absolute atomic E-state index is 0. The Balaban J connectivity index is -0.0000000720. The second-order valence-corrected chi connectivity index (χ2v) is 2.26. The van der Waals surface area contributed by atoms with Crippen LogP contribution in [0.15, 0.2) is 0 Å². The average molecular weight is 319 g/mol. The topological polar surface area (TPSA) is 121 Å². The first-order valence-electron chi connectivity index (χ1n) is 1.03. The summed E-state index contributed by atoms with van der Waals surface area (Å²) >= 11 is -7.08. The van der Waals surface area contributed by atoms with Gasteiger partial charge in [0.05, 0.1) is 0 Å². The van der Waals surface area contributed by atoms with Crippen LogP contribution in [0, 0.1) is 0 Å². The zero-order valence-electron chi connectivity index (χ0n) is 3.65. The maximum atomic E-state index is 8.65. The first-order valence-corrected chi connectivity index (χ1v) is 5.36. The van der Waals surface area contributed by atoms with Gasteiger partial charge >= 0.3 is 70.5 Å². The van der Waals surface area contributed by atoms with Crippen LogP contribution in [0.25, 0.3) is 0 Å². The van der Waals surface area contributed by atoms with Gasteiger partial charge in [-0.05, 0) is 0 Å². The van der Waals surface area contributed by atoms with E-state index in [1.807, 2.05) is 0 Å². The van der Waals surface area contributed by atoms with Gasteiger partial charge in [0.1, 0.15) is 0 Å². The van der Waals surface area contributed by atoms with Gasteiger partial charge in [0, 0.05) is 0 Å². The van der Waals surface area contributed by atoms with Gasteiger partial charge in [0.2, 0.25) is 0 Å². The van der Waals surface area contributed by atoms with Crippen LogP contribution in [-0.4, -0.2) is 37.4 Å². The van der Waals surface area contributed by atoms with E-state index in [2.05, 4.69) is 0 Å². The Morgan fingerprint density at radius 2 is 1.00 bits per heavy atom. The minimum atomic E-state index is -3.54. The largest absolute Gasteiger partial charge is 2.00 e. The summed E-state index contributed by atoms with van der Waals surface area (Å²) in [6, 6.07) is 0. The molecule has 0 saturated heterocycles. The second kappa shape index (κ2) is 11.8. The SMILES string of the molecule is O=[Se]([O-])O.O=[Se]([O-])O.[Cu+2]. The van der Waals surface area contributed by atoms with Gasteiger partial charge in [0.15, 0.2) is 0 Å². The average Bonchev–Trinajstić information content (AvgIpc) is 1.25. The number of hydrogen-bond donors (Lipinski definition) is 2. The quantitative estimate of drug-likeness (QED) is 0.434. The van der Waals surface area contributed by atoms with Gasteiger partial charge in [-0.3, -0.25) is 0 Å². The van der Waals surface area contributed by atoms with Crippen molar-refractivity contribution in [2.45, 2.75) is 0 Å². The predicted molar refractivity (Wildman–Crippen MR) is 17.3 cm³/mol. The Morgan fingerprint density at radius 3 is 1.00 bits per heavy atom. The number of hydrogen-bond acceptors (Lipinski definition) is 4. The third-order valence-corrected chi connectivity index (χ3v) is 0. The van der Waals surface area contributed by atoms with E-state index in [0.29, 0.717) is 0 Å². The van der Waals surface area contributed by atoms with Gasteiger partial charge in [-0.25, -0.2) is 0 Å². The molecule has 0 saturated carbocycles. The minimum Gasteiger partial charge on any atom is 2.00 e. The van der Waals surface area contributed by atoms with Crippen molar-refractivity contribution < 1.29 is 41.5 Å². The maximum Gasteiger partial charge on any atom is 2.00 e. The summed E-state index contributed by atoms with van der Waals surface area (Å²) < 4.78 is 48.8. The molecule has 2 N–H and O–H groups in total. The molecule has 6 nitrogen and oxygen atoms in total. The van der Waals surface area contributed by atoms with E-state index in [4.69, 9.17) is 24.4 Å². The molecule has 0 aliphatic carbocycles. The second-order valence-electron chi connectivity index (χ2n) is 0.434. The van der Waals surface area contributed by atoms with Crippen LogP contribution in [0.4, 0.5) is 0 Å². The normalized spacial score (nSPS) is 13.8. The van der Waals surface area contributed by atoms with Crippen LogP contribution in [0.1, 0.15) is 0 Å². The van der Waals surface area contributed by atoms with Crippen LogP contribution in [-0.2, 0) is 24.7 Å². The zero-order chi connectivity index (χ0) is 7.15. The smallest absolute Gasteiger partial charge is 2.00 e. The van der Waals surface area contributed by atoms with E-state index in [9.17, 15) is 0 Å². The monoisotopic (exact) mass is 321 g/mol. The molecule has 0 bridgehead atoms. The molecule has 0 rings (SSSR count). The molecular weight excluding hydrogens is 317 g/mol. The molecule has 0 aromatic carbocycles. The van der Waals surface area contributed by atoms with Crippen molar-refractivity contribution in [1.29, 1.82) is 0 Å². The third-order valence-electron chi connectivity index (χ3n) is 0.